The van der Waals surface area contributed by atoms with Gasteiger partial charge in [-0.15, -0.1) is 0 Å². The van der Waals surface area contributed by atoms with Crippen molar-refractivity contribution in [3.63, 3.8) is 0 Å². The first-order valence-corrected chi connectivity index (χ1v) is 19.0. The normalized spacial score (nSPS) is 11.6. The zero-order chi connectivity index (χ0) is 37.0. The van der Waals surface area contributed by atoms with E-state index >= 15 is 0 Å². The third-order valence-corrected chi connectivity index (χ3v) is 11.2. The van der Waals surface area contributed by atoms with Crippen LogP contribution in [-0.2, 0) is 0 Å². The molecule has 0 atom stereocenters. The van der Waals surface area contributed by atoms with Gasteiger partial charge in [-0.25, -0.2) is 9.97 Å². The third kappa shape index (κ3) is 5.32. The maximum Gasteiger partial charge on any atom is 0.160 e. The summed E-state index contributed by atoms with van der Waals surface area (Å²) in [7, 11) is 0. The van der Waals surface area contributed by atoms with Crippen molar-refractivity contribution >= 4 is 53.9 Å². The molecule has 11 aromatic rings. The SMILES string of the molecule is c1ccc(-c2nc(-c3ccc(-c4cncc5ccccc45)cc3)cc(-c3ccc(-c4cc5c6ccccc6c6ccccc6c5c5ccccc45)cc3)n2)cc1. The lowest BCUT2D eigenvalue weighted by Gasteiger charge is -2.16. The number of aromatic nitrogens is 3. The summed E-state index contributed by atoms with van der Waals surface area (Å²) in [6.45, 7) is 0. The topological polar surface area (TPSA) is 38.7 Å². The summed E-state index contributed by atoms with van der Waals surface area (Å²) in [6.07, 6.45) is 3.86. The molecule has 260 valence electrons. The number of pyridine rings is 1. The van der Waals surface area contributed by atoms with Crippen LogP contribution in [0.4, 0.5) is 0 Å². The molecular formula is C53H33N3. The molecule has 11 rings (SSSR count). The van der Waals surface area contributed by atoms with Crippen LogP contribution < -0.4 is 0 Å². The van der Waals surface area contributed by atoms with Gasteiger partial charge in [0.25, 0.3) is 0 Å². The Bertz CT molecular complexity index is 3270. The van der Waals surface area contributed by atoms with Crippen molar-refractivity contribution in [2.45, 2.75) is 0 Å². The van der Waals surface area contributed by atoms with Gasteiger partial charge in [-0.3, -0.25) is 4.98 Å². The molecule has 0 aliphatic carbocycles. The average molecular weight is 712 g/mol. The molecule has 0 unspecified atom stereocenters. The first-order valence-electron chi connectivity index (χ1n) is 19.0. The molecule has 0 radical (unpaired) electrons. The number of hydrogen-bond acceptors (Lipinski definition) is 3. The molecule has 2 aromatic heterocycles. The van der Waals surface area contributed by atoms with E-state index in [2.05, 4.69) is 175 Å². The van der Waals surface area contributed by atoms with E-state index in [0.29, 0.717) is 5.82 Å². The molecule has 0 N–H and O–H groups in total. The zero-order valence-electron chi connectivity index (χ0n) is 30.4. The maximum absolute atomic E-state index is 5.14. The van der Waals surface area contributed by atoms with Crippen molar-refractivity contribution < 1.29 is 0 Å². The second-order valence-corrected chi connectivity index (χ2v) is 14.4. The third-order valence-electron chi connectivity index (χ3n) is 11.2. The molecule has 0 spiro atoms. The highest BCUT2D eigenvalue weighted by molar-refractivity contribution is 6.33. The zero-order valence-corrected chi connectivity index (χ0v) is 30.4. The second kappa shape index (κ2) is 13.1. The first-order chi connectivity index (χ1) is 27.8. The molecule has 0 aliphatic rings. The minimum absolute atomic E-state index is 0.698. The van der Waals surface area contributed by atoms with Crippen LogP contribution >= 0.6 is 0 Å². The van der Waals surface area contributed by atoms with Gasteiger partial charge in [0, 0.05) is 40.0 Å². The van der Waals surface area contributed by atoms with Gasteiger partial charge < -0.3 is 0 Å². The predicted molar refractivity (Wildman–Crippen MR) is 235 cm³/mol. The number of benzene rings is 9. The Morgan fingerprint density at radius 2 is 0.750 bits per heavy atom. The van der Waals surface area contributed by atoms with Gasteiger partial charge in [0.2, 0.25) is 0 Å². The van der Waals surface area contributed by atoms with E-state index in [9.17, 15) is 0 Å². The fourth-order valence-electron chi connectivity index (χ4n) is 8.45. The lowest BCUT2D eigenvalue weighted by molar-refractivity contribution is 1.18. The summed E-state index contributed by atoms with van der Waals surface area (Å²) in [6, 6.07) is 67.1. The smallest absolute Gasteiger partial charge is 0.160 e. The van der Waals surface area contributed by atoms with Crippen LogP contribution in [0.2, 0.25) is 0 Å². The lowest BCUT2D eigenvalue weighted by atomic mass is 9.87. The van der Waals surface area contributed by atoms with Gasteiger partial charge >= 0.3 is 0 Å². The minimum atomic E-state index is 0.698. The van der Waals surface area contributed by atoms with E-state index in [4.69, 9.17) is 9.97 Å². The minimum Gasteiger partial charge on any atom is -0.263 e. The molecule has 0 saturated heterocycles. The van der Waals surface area contributed by atoms with Gasteiger partial charge in [0.05, 0.1) is 11.4 Å². The van der Waals surface area contributed by atoms with E-state index in [1.165, 1.54) is 59.6 Å². The molecule has 0 amide bonds. The molecule has 2 heterocycles. The van der Waals surface area contributed by atoms with Crippen LogP contribution in [0.5, 0.6) is 0 Å². The number of fused-ring (bicyclic) bond motifs is 9. The fourth-order valence-corrected chi connectivity index (χ4v) is 8.45. The highest BCUT2D eigenvalue weighted by Gasteiger charge is 2.16. The maximum atomic E-state index is 5.14. The average Bonchev–Trinajstić information content (AvgIpc) is 3.29. The van der Waals surface area contributed by atoms with Gasteiger partial charge in [0.15, 0.2) is 5.82 Å². The quantitative estimate of drug-likeness (QED) is 0.167. The van der Waals surface area contributed by atoms with Crippen molar-refractivity contribution in [2.75, 3.05) is 0 Å². The lowest BCUT2D eigenvalue weighted by Crippen LogP contribution is -1.96. The van der Waals surface area contributed by atoms with Crippen LogP contribution in [-0.4, -0.2) is 15.0 Å². The summed E-state index contributed by atoms with van der Waals surface area (Å²) in [5, 5.41) is 12.5. The summed E-state index contributed by atoms with van der Waals surface area (Å²) < 4.78 is 0. The van der Waals surface area contributed by atoms with Crippen LogP contribution in [0.25, 0.3) is 110 Å². The van der Waals surface area contributed by atoms with Crippen molar-refractivity contribution in [3.05, 3.63) is 200 Å². The molecule has 3 heteroatoms. The Morgan fingerprint density at radius 3 is 1.39 bits per heavy atom. The Labute approximate surface area is 324 Å². The Balaban J connectivity index is 1.03. The molecule has 0 saturated carbocycles. The molecule has 56 heavy (non-hydrogen) atoms. The summed E-state index contributed by atoms with van der Waals surface area (Å²) in [4.78, 5) is 14.8. The van der Waals surface area contributed by atoms with E-state index in [1.54, 1.807) is 0 Å². The monoisotopic (exact) mass is 711 g/mol. The van der Waals surface area contributed by atoms with E-state index in [-0.39, 0.29) is 0 Å². The van der Waals surface area contributed by atoms with Crippen molar-refractivity contribution in [2.24, 2.45) is 0 Å². The van der Waals surface area contributed by atoms with E-state index in [0.717, 1.165) is 44.6 Å². The molecule has 0 bridgehead atoms. The summed E-state index contributed by atoms with van der Waals surface area (Å²) in [5.74, 6) is 0.698. The fraction of sp³-hybridized carbons (Fsp3) is 0. The molecule has 9 aromatic carbocycles. The highest BCUT2D eigenvalue weighted by atomic mass is 14.9. The second-order valence-electron chi connectivity index (χ2n) is 14.4. The van der Waals surface area contributed by atoms with Crippen LogP contribution in [0.1, 0.15) is 0 Å². The van der Waals surface area contributed by atoms with Crippen LogP contribution in [0.3, 0.4) is 0 Å². The Kier molecular flexibility index (Phi) is 7.49. The Morgan fingerprint density at radius 1 is 0.286 bits per heavy atom. The number of rotatable bonds is 5. The molecule has 3 nitrogen and oxygen atoms in total. The predicted octanol–water partition coefficient (Wildman–Crippen LogP) is 14.0. The summed E-state index contributed by atoms with van der Waals surface area (Å²) in [5.41, 5.74) is 9.42. The Hall–Kier alpha value is -7.49. The van der Waals surface area contributed by atoms with Crippen LogP contribution in [0.15, 0.2) is 200 Å². The first kappa shape index (κ1) is 32.0. The largest absolute Gasteiger partial charge is 0.263 e. The van der Waals surface area contributed by atoms with Crippen molar-refractivity contribution in [3.8, 4) is 56.2 Å². The standard InChI is InChI=1S/C53H33N3/c1-2-12-38(13-3-1)53-55-50(31-51(56-53)37-28-24-35(25-29-37)49-33-54-32-39-14-4-5-15-40(39)49)36-26-22-34(23-27-36)47-30-48-43-18-7-6-16-41(43)42-17-8-10-20-45(42)52(48)46-21-11-9-19-44(46)47/h1-33H. The van der Waals surface area contributed by atoms with Gasteiger partial charge in [-0.05, 0) is 77.3 Å². The summed E-state index contributed by atoms with van der Waals surface area (Å²) >= 11 is 0. The molecule has 0 aliphatic heterocycles. The van der Waals surface area contributed by atoms with Crippen LogP contribution in [0, 0.1) is 0 Å². The van der Waals surface area contributed by atoms with Crippen molar-refractivity contribution in [1.82, 2.24) is 15.0 Å². The van der Waals surface area contributed by atoms with E-state index in [1.807, 2.05) is 30.6 Å². The number of nitrogens with zero attached hydrogens (tertiary/aromatic N) is 3. The highest BCUT2D eigenvalue weighted by Crippen LogP contribution is 2.43. The van der Waals surface area contributed by atoms with Gasteiger partial charge in [-0.1, -0.05) is 176 Å². The number of hydrogen-bond donors (Lipinski definition) is 0. The molecule has 0 fully saturated rings. The van der Waals surface area contributed by atoms with E-state index < -0.39 is 0 Å². The van der Waals surface area contributed by atoms with Gasteiger partial charge in [0.1, 0.15) is 0 Å². The van der Waals surface area contributed by atoms with Crippen molar-refractivity contribution in [1.29, 1.82) is 0 Å². The van der Waals surface area contributed by atoms with Gasteiger partial charge in [-0.2, -0.15) is 0 Å². The molecular weight excluding hydrogens is 679 g/mol.